The van der Waals surface area contributed by atoms with Crippen molar-refractivity contribution in [3.8, 4) is 5.75 Å². The lowest BCUT2D eigenvalue weighted by Gasteiger charge is -2.16. The molecule has 1 saturated heterocycles. The van der Waals surface area contributed by atoms with Gasteiger partial charge in [0.1, 0.15) is 17.3 Å². The fraction of sp³-hybridized carbons (Fsp3) is 0.500. The molecule has 5 nitrogen and oxygen atoms in total. The van der Waals surface area contributed by atoms with E-state index in [2.05, 4.69) is 15.9 Å². The Kier molecular flexibility index (Phi) is 4.50. The average molecular weight is 350 g/mol. The molecule has 0 aliphatic carbocycles. The maximum absolute atomic E-state index is 11.6. The Labute approximate surface area is 121 Å². The third kappa shape index (κ3) is 3.68. The van der Waals surface area contributed by atoms with Gasteiger partial charge in [-0.05, 0) is 37.5 Å². The van der Waals surface area contributed by atoms with Gasteiger partial charge in [-0.25, -0.2) is 13.6 Å². The van der Waals surface area contributed by atoms with Gasteiger partial charge in [0.05, 0.1) is 6.10 Å². The summed E-state index contributed by atoms with van der Waals surface area (Å²) in [6.45, 7) is 2.85. The number of rotatable bonds is 4. The number of primary sulfonamides is 1. The summed E-state index contributed by atoms with van der Waals surface area (Å²) in [4.78, 5) is -0.00243. The van der Waals surface area contributed by atoms with Crippen LogP contribution in [0.1, 0.15) is 18.4 Å². The van der Waals surface area contributed by atoms with Crippen molar-refractivity contribution in [2.75, 3.05) is 13.2 Å². The molecule has 2 rings (SSSR count). The van der Waals surface area contributed by atoms with E-state index in [0.29, 0.717) is 16.8 Å². The fourth-order valence-corrected chi connectivity index (χ4v) is 3.54. The summed E-state index contributed by atoms with van der Waals surface area (Å²) in [6.07, 6.45) is 1.96. The van der Waals surface area contributed by atoms with Gasteiger partial charge in [-0.1, -0.05) is 15.9 Å². The smallest absolute Gasteiger partial charge is 0.241 e. The van der Waals surface area contributed by atoms with Crippen molar-refractivity contribution in [3.05, 3.63) is 22.2 Å². The quantitative estimate of drug-likeness (QED) is 0.900. The van der Waals surface area contributed by atoms with Gasteiger partial charge in [-0.2, -0.15) is 0 Å². The van der Waals surface area contributed by atoms with E-state index in [4.69, 9.17) is 14.6 Å². The molecule has 0 spiro atoms. The number of nitrogens with two attached hydrogens (primary N) is 1. The molecule has 1 fully saturated rings. The maximum Gasteiger partial charge on any atom is 0.241 e. The number of sulfonamides is 1. The summed E-state index contributed by atoms with van der Waals surface area (Å²) in [5.74, 6) is 0.307. The predicted octanol–water partition coefficient (Wildman–Crippen LogP) is 1.96. The SMILES string of the molecule is Cc1cc(Br)cc(S(N)(=O)=O)c1OCC1CCCO1. The fourth-order valence-electron chi connectivity index (χ4n) is 2.05. The van der Waals surface area contributed by atoms with Gasteiger partial charge in [0.25, 0.3) is 0 Å². The largest absolute Gasteiger partial charge is 0.489 e. The van der Waals surface area contributed by atoms with Crippen LogP contribution in [0.25, 0.3) is 0 Å². The van der Waals surface area contributed by atoms with E-state index in [1.54, 1.807) is 13.0 Å². The summed E-state index contributed by atoms with van der Waals surface area (Å²) in [5, 5.41) is 5.22. The highest BCUT2D eigenvalue weighted by Gasteiger charge is 2.21. The minimum Gasteiger partial charge on any atom is -0.489 e. The zero-order chi connectivity index (χ0) is 14.0. The Morgan fingerprint density at radius 1 is 1.53 bits per heavy atom. The van der Waals surface area contributed by atoms with Crippen molar-refractivity contribution in [1.29, 1.82) is 0 Å². The Balaban J connectivity index is 2.27. The summed E-state index contributed by atoms with van der Waals surface area (Å²) in [5.41, 5.74) is 0.719. The van der Waals surface area contributed by atoms with Crippen LogP contribution in [0.15, 0.2) is 21.5 Å². The third-order valence-electron chi connectivity index (χ3n) is 2.95. The van der Waals surface area contributed by atoms with E-state index in [1.807, 2.05) is 0 Å². The number of hydrogen-bond donors (Lipinski definition) is 1. The molecule has 1 aliphatic rings. The van der Waals surface area contributed by atoms with Crippen molar-refractivity contribution in [3.63, 3.8) is 0 Å². The van der Waals surface area contributed by atoms with Crippen LogP contribution >= 0.6 is 15.9 Å². The molecular weight excluding hydrogens is 334 g/mol. The lowest BCUT2D eigenvalue weighted by atomic mass is 10.2. The second-order valence-corrected chi connectivity index (χ2v) is 6.99. The number of aryl methyl sites for hydroxylation is 1. The number of ether oxygens (including phenoxy) is 2. The third-order valence-corrected chi connectivity index (χ3v) is 4.32. The van der Waals surface area contributed by atoms with Crippen LogP contribution in [-0.4, -0.2) is 27.7 Å². The predicted molar refractivity (Wildman–Crippen MR) is 74.7 cm³/mol. The summed E-state index contributed by atoms with van der Waals surface area (Å²) in [6, 6.07) is 3.24. The minimum absolute atomic E-state index is 0.00243. The molecule has 0 radical (unpaired) electrons. The highest BCUT2D eigenvalue weighted by Crippen LogP contribution is 2.31. The number of benzene rings is 1. The molecular formula is C12H16BrNO4S. The first-order valence-corrected chi connectivity index (χ1v) is 8.29. The lowest BCUT2D eigenvalue weighted by Crippen LogP contribution is -2.20. The van der Waals surface area contributed by atoms with Gasteiger partial charge < -0.3 is 9.47 Å². The van der Waals surface area contributed by atoms with E-state index in [-0.39, 0.29) is 11.0 Å². The van der Waals surface area contributed by atoms with E-state index in [9.17, 15) is 8.42 Å². The van der Waals surface area contributed by atoms with Crippen LogP contribution in [0.5, 0.6) is 5.75 Å². The van der Waals surface area contributed by atoms with Crippen LogP contribution in [-0.2, 0) is 14.8 Å². The Bertz CT molecular complexity index is 567. The van der Waals surface area contributed by atoms with Gasteiger partial charge in [0.2, 0.25) is 10.0 Å². The number of halogens is 1. The molecule has 106 valence electrons. The Morgan fingerprint density at radius 3 is 2.84 bits per heavy atom. The molecule has 1 atom stereocenters. The molecule has 7 heteroatoms. The van der Waals surface area contributed by atoms with Gasteiger partial charge >= 0.3 is 0 Å². The van der Waals surface area contributed by atoms with Gasteiger partial charge in [-0.3, -0.25) is 0 Å². The molecule has 0 amide bonds. The van der Waals surface area contributed by atoms with E-state index in [0.717, 1.165) is 25.0 Å². The monoisotopic (exact) mass is 349 g/mol. The van der Waals surface area contributed by atoms with Crippen molar-refractivity contribution in [2.45, 2.75) is 30.8 Å². The van der Waals surface area contributed by atoms with Gasteiger partial charge in [0, 0.05) is 11.1 Å². The Hall–Kier alpha value is -0.630. The molecule has 1 aliphatic heterocycles. The molecule has 1 unspecified atom stereocenters. The molecule has 1 heterocycles. The topological polar surface area (TPSA) is 78.6 Å². The van der Waals surface area contributed by atoms with Crippen molar-refractivity contribution < 1.29 is 17.9 Å². The Morgan fingerprint density at radius 2 is 2.26 bits per heavy atom. The van der Waals surface area contributed by atoms with Gasteiger partial charge in [-0.15, -0.1) is 0 Å². The number of hydrogen-bond acceptors (Lipinski definition) is 4. The first-order chi connectivity index (χ1) is 8.88. The highest BCUT2D eigenvalue weighted by atomic mass is 79.9. The molecule has 2 N–H and O–H groups in total. The summed E-state index contributed by atoms with van der Waals surface area (Å²) in [7, 11) is -3.82. The second-order valence-electron chi connectivity index (χ2n) is 4.54. The van der Waals surface area contributed by atoms with Crippen molar-refractivity contribution >= 4 is 26.0 Å². The van der Waals surface area contributed by atoms with Crippen LogP contribution in [0.3, 0.4) is 0 Å². The molecule has 1 aromatic carbocycles. The molecule has 0 saturated carbocycles. The molecule has 0 bridgehead atoms. The normalized spacial score (nSPS) is 19.6. The van der Waals surface area contributed by atoms with E-state index >= 15 is 0 Å². The van der Waals surface area contributed by atoms with Crippen LogP contribution < -0.4 is 9.88 Å². The van der Waals surface area contributed by atoms with Crippen LogP contribution in [0.4, 0.5) is 0 Å². The first-order valence-electron chi connectivity index (χ1n) is 5.95. The van der Waals surface area contributed by atoms with E-state index in [1.165, 1.54) is 6.07 Å². The van der Waals surface area contributed by atoms with Crippen LogP contribution in [0, 0.1) is 6.92 Å². The lowest BCUT2D eigenvalue weighted by molar-refractivity contribution is 0.0666. The molecule has 1 aromatic rings. The summed E-state index contributed by atoms with van der Waals surface area (Å²) < 4.78 is 34.9. The molecule has 19 heavy (non-hydrogen) atoms. The second kappa shape index (κ2) is 5.78. The van der Waals surface area contributed by atoms with Crippen LogP contribution in [0.2, 0.25) is 0 Å². The van der Waals surface area contributed by atoms with Gasteiger partial charge in [0.15, 0.2) is 0 Å². The maximum atomic E-state index is 11.6. The van der Waals surface area contributed by atoms with Crippen molar-refractivity contribution in [2.24, 2.45) is 5.14 Å². The minimum atomic E-state index is -3.82. The average Bonchev–Trinajstić information content (AvgIpc) is 2.78. The van der Waals surface area contributed by atoms with E-state index < -0.39 is 10.0 Å². The van der Waals surface area contributed by atoms with Crippen molar-refractivity contribution in [1.82, 2.24) is 0 Å². The zero-order valence-electron chi connectivity index (χ0n) is 10.6. The molecule has 0 aromatic heterocycles. The standard InChI is InChI=1S/C12H16BrNO4S/c1-8-5-9(13)6-11(19(14,15)16)12(8)18-7-10-3-2-4-17-10/h5-6,10H,2-4,7H2,1H3,(H2,14,15,16). The first kappa shape index (κ1) is 14.8. The zero-order valence-corrected chi connectivity index (χ0v) is 13.0. The highest BCUT2D eigenvalue weighted by molar-refractivity contribution is 9.10. The summed E-state index contributed by atoms with van der Waals surface area (Å²) >= 11 is 3.26.